The first-order valence-corrected chi connectivity index (χ1v) is 8.12. The normalized spacial score (nSPS) is 15.6. The van der Waals surface area contributed by atoms with Crippen molar-refractivity contribution in [3.63, 3.8) is 0 Å². The molecule has 2 rings (SSSR count). The van der Waals surface area contributed by atoms with E-state index in [0.29, 0.717) is 19.5 Å². The molecule has 1 atom stereocenters. The van der Waals surface area contributed by atoms with E-state index in [9.17, 15) is 19.7 Å². The smallest absolute Gasteiger partial charge is 0.306 e. The van der Waals surface area contributed by atoms with E-state index in [1.165, 1.54) is 12.1 Å². The Morgan fingerprint density at radius 3 is 2.64 bits per heavy atom. The summed E-state index contributed by atoms with van der Waals surface area (Å²) in [5, 5.41) is 16.2. The molecule has 134 valence electrons. The topological polar surface area (TPSA) is 111 Å². The lowest BCUT2D eigenvalue weighted by Gasteiger charge is -2.09. The highest BCUT2D eigenvalue weighted by Gasteiger charge is 2.15. The van der Waals surface area contributed by atoms with Crippen LogP contribution < -0.4 is 10.6 Å². The summed E-state index contributed by atoms with van der Waals surface area (Å²) in [6.07, 6.45) is 6.30. The number of nitrogens with zero attached hydrogens (tertiary/aromatic N) is 1. The molecule has 0 saturated heterocycles. The van der Waals surface area contributed by atoms with E-state index in [0.717, 1.165) is 18.5 Å². The Bertz CT molecular complexity index is 642. The molecule has 0 spiro atoms. The number of hydrogen-bond donors (Lipinski definition) is 2. The van der Waals surface area contributed by atoms with Crippen LogP contribution in [0, 0.1) is 16.0 Å². The van der Waals surface area contributed by atoms with Gasteiger partial charge in [0.05, 0.1) is 11.3 Å². The number of carbonyl (C=O) groups is 2. The van der Waals surface area contributed by atoms with Gasteiger partial charge in [-0.25, -0.2) is 0 Å². The van der Waals surface area contributed by atoms with Crippen LogP contribution in [0.5, 0.6) is 0 Å². The zero-order valence-corrected chi connectivity index (χ0v) is 13.8. The van der Waals surface area contributed by atoms with Crippen LogP contribution in [0.4, 0.5) is 11.4 Å². The van der Waals surface area contributed by atoms with Gasteiger partial charge in [-0.3, -0.25) is 19.7 Å². The molecule has 0 unspecified atom stereocenters. The molecule has 8 heteroatoms. The Kier molecular flexibility index (Phi) is 6.94. The van der Waals surface area contributed by atoms with Gasteiger partial charge in [0, 0.05) is 30.9 Å². The number of carbonyl (C=O) groups excluding carboxylic acids is 2. The summed E-state index contributed by atoms with van der Waals surface area (Å²) < 4.78 is 4.95. The quantitative estimate of drug-likeness (QED) is 0.232. The Hall–Kier alpha value is -2.90. The van der Waals surface area contributed by atoms with Crippen LogP contribution in [-0.4, -0.2) is 36.5 Å². The van der Waals surface area contributed by atoms with E-state index in [-0.39, 0.29) is 30.1 Å². The molecule has 1 amide bonds. The number of non-ortho nitro benzene ring substituents is 1. The maximum absolute atomic E-state index is 11.6. The molecule has 1 aliphatic carbocycles. The number of rotatable bonds is 9. The minimum absolute atomic E-state index is 0.0220. The molecule has 1 aromatic rings. The van der Waals surface area contributed by atoms with Crippen molar-refractivity contribution in [1.82, 2.24) is 5.32 Å². The van der Waals surface area contributed by atoms with Crippen molar-refractivity contribution in [3.05, 3.63) is 46.5 Å². The maximum Gasteiger partial charge on any atom is 0.306 e. The predicted molar refractivity (Wildman–Crippen MR) is 92.0 cm³/mol. The number of hydrogen-bond acceptors (Lipinski definition) is 6. The van der Waals surface area contributed by atoms with Crippen molar-refractivity contribution in [2.75, 3.05) is 25.0 Å². The van der Waals surface area contributed by atoms with E-state index >= 15 is 0 Å². The monoisotopic (exact) mass is 347 g/mol. The van der Waals surface area contributed by atoms with Crippen LogP contribution in [0.3, 0.4) is 0 Å². The number of nitro groups is 1. The van der Waals surface area contributed by atoms with Gasteiger partial charge in [-0.05, 0) is 30.9 Å². The first kappa shape index (κ1) is 18.4. The third kappa shape index (κ3) is 6.62. The molecule has 0 radical (unpaired) electrons. The average Bonchev–Trinajstić information content (AvgIpc) is 3.10. The Morgan fingerprint density at radius 2 is 2.00 bits per heavy atom. The lowest BCUT2D eigenvalue weighted by molar-refractivity contribution is -0.384. The van der Waals surface area contributed by atoms with Crippen LogP contribution in [0.25, 0.3) is 0 Å². The molecule has 0 bridgehead atoms. The molecule has 0 aromatic heterocycles. The molecule has 1 aliphatic rings. The number of anilines is 1. The summed E-state index contributed by atoms with van der Waals surface area (Å²) in [4.78, 5) is 33.3. The molecular formula is C17H21N3O5. The zero-order chi connectivity index (χ0) is 18.1. The molecular weight excluding hydrogens is 326 g/mol. The third-order valence-electron chi connectivity index (χ3n) is 3.76. The standard InChI is InChI=1S/C17H21N3O5/c21-16(12-25-17(22)11-13-3-1-2-4-13)19-10-9-18-14-5-7-15(8-6-14)20(23)24/h1,3,5-8,13,18H,2,4,9-12H2,(H,19,21)/t13-/m0/s1. The number of nitrogens with one attached hydrogen (secondary N) is 2. The fourth-order valence-corrected chi connectivity index (χ4v) is 2.45. The molecule has 25 heavy (non-hydrogen) atoms. The molecule has 0 fully saturated rings. The average molecular weight is 347 g/mol. The van der Waals surface area contributed by atoms with Gasteiger partial charge < -0.3 is 15.4 Å². The van der Waals surface area contributed by atoms with Crippen LogP contribution in [0.15, 0.2) is 36.4 Å². The van der Waals surface area contributed by atoms with Crippen LogP contribution in [0.2, 0.25) is 0 Å². The van der Waals surface area contributed by atoms with Gasteiger partial charge in [-0.2, -0.15) is 0 Å². The number of esters is 1. The van der Waals surface area contributed by atoms with Gasteiger partial charge in [-0.15, -0.1) is 0 Å². The van der Waals surface area contributed by atoms with E-state index in [2.05, 4.69) is 10.6 Å². The second kappa shape index (κ2) is 9.41. The fraction of sp³-hybridized carbons (Fsp3) is 0.412. The number of allylic oxidation sites excluding steroid dienone is 2. The summed E-state index contributed by atoms with van der Waals surface area (Å²) in [6.45, 7) is 0.510. The molecule has 0 aliphatic heterocycles. The van der Waals surface area contributed by atoms with E-state index < -0.39 is 4.92 Å². The van der Waals surface area contributed by atoms with Crippen LogP contribution in [0.1, 0.15) is 19.3 Å². The second-order valence-electron chi connectivity index (χ2n) is 5.71. The zero-order valence-electron chi connectivity index (χ0n) is 13.8. The largest absolute Gasteiger partial charge is 0.456 e. The van der Waals surface area contributed by atoms with Crippen molar-refractivity contribution in [2.45, 2.75) is 19.3 Å². The minimum atomic E-state index is -0.464. The SMILES string of the molecule is O=C(COC(=O)C[C@H]1C=CCC1)NCCNc1ccc([N+](=O)[O-])cc1. The number of ether oxygens (including phenoxy) is 1. The summed E-state index contributed by atoms with van der Waals surface area (Å²) in [6, 6.07) is 6.00. The second-order valence-corrected chi connectivity index (χ2v) is 5.71. The van der Waals surface area contributed by atoms with E-state index in [1.807, 2.05) is 12.2 Å². The summed E-state index contributed by atoms with van der Waals surface area (Å²) in [5.41, 5.74) is 0.740. The highest BCUT2D eigenvalue weighted by molar-refractivity contribution is 5.80. The summed E-state index contributed by atoms with van der Waals surface area (Å²) >= 11 is 0. The lowest BCUT2D eigenvalue weighted by atomic mass is 10.1. The van der Waals surface area contributed by atoms with Gasteiger partial charge in [-0.1, -0.05) is 12.2 Å². The fourth-order valence-electron chi connectivity index (χ4n) is 2.45. The Morgan fingerprint density at radius 1 is 1.24 bits per heavy atom. The highest BCUT2D eigenvalue weighted by atomic mass is 16.6. The van der Waals surface area contributed by atoms with Crippen molar-refractivity contribution in [1.29, 1.82) is 0 Å². The Labute approximate surface area is 145 Å². The molecule has 1 aromatic carbocycles. The molecule has 2 N–H and O–H groups in total. The summed E-state index contributed by atoms with van der Waals surface area (Å²) in [5.74, 6) is -0.502. The van der Waals surface area contributed by atoms with Gasteiger partial charge in [0.25, 0.3) is 11.6 Å². The maximum atomic E-state index is 11.6. The van der Waals surface area contributed by atoms with Crippen LogP contribution in [-0.2, 0) is 14.3 Å². The highest BCUT2D eigenvalue weighted by Crippen LogP contribution is 2.20. The van der Waals surface area contributed by atoms with Gasteiger partial charge >= 0.3 is 5.97 Å². The number of amides is 1. The van der Waals surface area contributed by atoms with E-state index in [1.54, 1.807) is 12.1 Å². The lowest BCUT2D eigenvalue weighted by Crippen LogP contribution is -2.32. The molecule has 0 saturated carbocycles. The molecule has 0 heterocycles. The Balaban J connectivity index is 1.56. The number of benzene rings is 1. The predicted octanol–water partition coefficient (Wildman–Crippen LogP) is 2.02. The van der Waals surface area contributed by atoms with Gasteiger partial charge in [0.1, 0.15) is 0 Å². The van der Waals surface area contributed by atoms with Crippen molar-refractivity contribution in [3.8, 4) is 0 Å². The summed E-state index contributed by atoms with van der Waals surface area (Å²) in [7, 11) is 0. The van der Waals surface area contributed by atoms with Gasteiger partial charge in [0.15, 0.2) is 6.61 Å². The minimum Gasteiger partial charge on any atom is -0.456 e. The van der Waals surface area contributed by atoms with Crippen molar-refractivity contribution >= 4 is 23.3 Å². The molecule has 8 nitrogen and oxygen atoms in total. The van der Waals surface area contributed by atoms with Crippen molar-refractivity contribution in [2.24, 2.45) is 5.92 Å². The van der Waals surface area contributed by atoms with Crippen molar-refractivity contribution < 1.29 is 19.2 Å². The number of nitro benzene ring substituents is 1. The van der Waals surface area contributed by atoms with Crippen LogP contribution >= 0.6 is 0 Å². The first-order chi connectivity index (χ1) is 12.0. The van der Waals surface area contributed by atoms with E-state index in [4.69, 9.17) is 4.74 Å². The first-order valence-electron chi connectivity index (χ1n) is 8.12. The third-order valence-corrected chi connectivity index (χ3v) is 3.76. The van der Waals surface area contributed by atoms with Gasteiger partial charge in [0.2, 0.25) is 0 Å².